The maximum absolute atomic E-state index is 9.55. The lowest BCUT2D eigenvalue weighted by molar-refractivity contribution is 0.0966. The van der Waals surface area contributed by atoms with E-state index in [0.29, 0.717) is 11.5 Å². The van der Waals surface area contributed by atoms with Gasteiger partial charge in [0.2, 0.25) is 0 Å². The van der Waals surface area contributed by atoms with Crippen LogP contribution in [0, 0.1) is 11.8 Å². The zero-order valence-corrected chi connectivity index (χ0v) is 11.7. The second-order valence-corrected chi connectivity index (χ2v) is 5.19. The van der Waals surface area contributed by atoms with E-state index in [1.165, 1.54) is 11.1 Å². The molecule has 0 heterocycles. The molecule has 0 saturated heterocycles. The lowest BCUT2D eigenvalue weighted by Gasteiger charge is -2.36. The van der Waals surface area contributed by atoms with Gasteiger partial charge in [-0.1, -0.05) is 6.92 Å². The summed E-state index contributed by atoms with van der Waals surface area (Å²) in [4.78, 5) is 0. The summed E-state index contributed by atoms with van der Waals surface area (Å²) in [5.74, 6) is 1.83. The number of hydrogen-bond donors (Lipinski definition) is 2. The molecule has 106 valence electrons. The van der Waals surface area contributed by atoms with Crippen LogP contribution in [0.1, 0.15) is 24.0 Å². The van der Waals surface area contributed by atoms with Gasteiger partial charge in [-0.2, -0.15) is 0 Å². The minimum absolute atomic E-state index is 0.0931. The lowest BCUT2D eigenvalue weighted by atomic mass is 9.70. The normalized spacial score (nSPS) is 25.8. The maximum atomic E-state index is 9.55. The number of aliphatic hydroxyl groups excluding tert-OH is 2. The Labute approximate surface area is 114 Å². The predicted molar refractivity (Wildman–Crippen MR) is 72.8 cm³/mol. The summed E-state index contributed by atoms with van der Waals surface area (Å²) >= 11 is 0. The highest BCUT2D eigenvalue weighted by atomic mass is 16.5. The quantitative estimate of drug-likeness (QED) is 0.868. The molecule has 0 aliphatic heterocycles. The summed E-state index contributed by atoms with van der Waals surface area (Å²) in [6.07, 6.45) is 0.766. The van der Waals surface area contributed by atoms with Gasteiger partial charge in [0.15, 0.2) is 11.5 Å². The van der Waals surface area contributed by atoms with E-state index in [2.05, 4.69) is 6.92 Å². The van der Waals surface area contributed by atoms with Gasteiger partial charge in [-0.25, -0.2) is 0 Å². The molecule has 0 fully saturated rings. The fraction of sp³-hybridized carbons (Fsp3) is 0.600. The topological polar surface area (TPSA) is 58.9 Å². The fourth-order valence-electron chi connectivity index (χ4n) is 3.12. The van der Waals surface area contributed by atoms with E-state index in [1.807, 2.05) is 12.1 Å². The van der Waals surface area contributed by atoms with E-state index >= 15 is 0 Å². The summed E-state index contributed by atoms with van der Waals surface area (Å²) in [6.45, 7) is 2.29. The van der Waals surface area contributed by atoms with Gasteiger partial charge in [0, 0.05) is 13.2 Å². The van der Waals surface area contributed by atoms with Crippen LogP contribution in [-0.4, -0.2) is 37.6 Å². The highest BCUT2D eigenvalue weighted by Crippen LogP contribution is 2.43. The summed E-state index contributed by atoms with van der Waals surface area (Å²) < 4.78 is 10.7. The first-order valence-electron chi connectivity index (χ1n) is 6.62. The molecule has 0 unspecified atom stereocenters. The average molecular weight is 266 g/mol. The molecule has 0 amide bonds. The standard InChI is InChI=1S/C15H22O4/c1-9-12-6-15(19-3)14(18-2)5-10(12)4-11(7-16)13(9)8-17/h5-6,9,11,13,16-17H,4,7-8H2,1-3H3/t9-,11-,13-/m1/s1. The smallest absolute Gasteiger partial charge is 0.161 e. The summed E-state index contributed by atoms with van der Waals surface area (Å²) in [6, 6.07) is 3.98. The van der Waals surface area contributed by atoms with Crippen molar-refractivity contribution in [3.63, 3.8) is 0 Å². The minimum atomic E-state index is 0.0931. The number of fused-ring (bicyclic) bond motifs is 1. The Balaban J connectivity index is 2.46. The number of methoxy groups -OCH3 is 2. The van der Waals surface area contributed by atoms with Crippen LogP contribution in [0.15, 0.2) is 12.1 Å². The van der Waals surface area contributed by atoms with Crippen molar-refractivity contribution >= 4 is 0 Å². The first-order chi connectivity index (χ1) is 9.15. The molecule has 0 aromatic heterocycles. The third-order valence-electron chi connectivity index (χ3n) is 4.31. The Hall–Kier alpha value is -1.26. The number of hydrogen-bond acceptors (Lipinski definition) is 4. The number of rotatable bonds is 4. The SMILES string of the molecule is COc1cc2c(cc1OC)[C@@H](C)[C@@H](CO)[C@@H](CO)C2. The molecular weight excluding hydrogens is 244 g/mol. The highest BCUT2D eigenvalue weighted by molar-refractivity contribution is 5.49. The Morgan fingerprint density at radius 3 is 2.26 bits per heavy atom. The second-order valence-electron chi connectivity index (χ2n) is 5.19. The van der Waals surface area contributed by atoms with E-state index in [9.17, 15) is 10.2 Å². The van der Waals surface area contributed by atoms with Crippen LogP contribution in [0.2, 0.25) is 0 Å². The van der Waals surface area contributed by atoms with Gasteiger partial charge in [0.1, 0.15) is 0 Å². The molecular formula is C15H22O4. The molecule has 0 spiro atoms. The molecule has 0 bridgehead atoms. The summed E-state index contributed by atoms with van der Waals surface area (Å²) in [5, 5.41) is 19.0. The van der Waals surface area contributed by atoms with Gasteiger partial charge < -0.3 is 19.7 Å². The predicted octanol–water partition coefficient (Wildman–Crippen LogP) is 1.58. The van der Waals surface area contributed by atoms with Crippen LogP contribution >= 0.6 is 0 Å². The molecule has 1 aromatic carbocycles. The van der Waals surface area contributed by atoms with Crippen LogP contribution in [0.5, 0.6) is 11.5 Å². The van der Waals surface area contributed by atoms with E-state index in [4.69, 9.17) is 9.47 Å². The van der Waals surface area contributed by atoms with E-state index in [1.54, 1.807) is 14.2 Å². The maximum Gasteiger partial charge on any atom is 0.161 e. The number of aliphatic hydroxyl groups is 2. The molecule has 1 aliphatic rings. The van der Waals surface area contributed by atoms with Crippen molar-refractivity contribution in [3.05, 3.63) is 23.3 Å². The third kappa shape index (κ3) is 2.42. The van der Waals surface area contributed by atoms with Crippen LogP contribution in [0.25, 0.3) is 0 Å². The summed E-state index contributed by atoms with van der Waals surface area (Å²) in [7, 11) is 3.24. The summed E-state index contributed by atoms with van der Waals surface area (Å²) in [5.41, 5.74) is 2.36. The van der Waals surface area contributed by atoms with Gasteiger partial charge in [0.05, 0.1) is 14.2 Å². The molecule has 0 radical (unpaired) electrons. The van der Waals surface area contributed by atoms with Gasteiger partial charge in [0.25, 0.3) is 0 Å². The number of ether oxygens (including phenoxy) is 2. The van der Waals surface area contributed by atoms with Crippen molar-refractivity contribution in [2.75, 3.05) is 27.4 Å². The fourth-order valence-corrected chi connectivity index (χ4v) is 3.12. The van der Waals surface area contributed by atoms with Crippen molar-refractivity contribution in [3.8, 4) is 11.5 Å². The zero-order chi connectivity index (χ0) is 14.0. The Kier molecular flexibility index (Phi) is 4.32. The Morgan fingerprint density at radius 2 is 1.74 bits per heavy atom. The van der Waals surface area contributed by atoms with Gasteiger partial charge in [-0.05, 0) is 47.4 Å². The van der Waals surface area contributed by atoms with Crippen LogP contribution in [0.3, 0.4) is 0 Å². The van der Waals surface area contributed by atoms with Crippen LogP contribution < -0.4 is 9.47 Å². The van der Waals surface area contributed by atoms with Crippen LogP contribution in [0.4, 0.5) is 0 Å². The Bertz CT molecular complexity index is 444. The molecule has 4 nitrogen and oxygen atoms in total. The van der Waals surface area contributed by atoms with Crippen molar-refractivity contribution in [2.45, 2.75) is 19.3 Å². The number of benzene rings is 1. The first kappa shape index (κ1) is 14.2. The van der Waals surface area contributed by atoms with E-state index in [-0.39, 0.29) is 31.0 Å². The van der Waals surface area contributed by atoms with Crippen molar-refractivity contribution in [1.29, 1.82) is 0 Å². The molecule has 19 heavy (non-hydrogen) atoms. The van der Waals surface area contributed by atoms with Crippen molar-refractivity contribution in [1.82, 2.24) is 0 Å². The molecule has 0 saturated carbocycles. The van der Waals surface area contributed by atoms with Gasteiger partial charge in [-0.15, -0.1) is 0 Å². The monoisotopic (exact) mass is 266 g/mol. The average Bonchev–Trinajstić information content (AvgIpc) is 2.45. The molecule has 2 rings (SSSR count). The second kappa shape index (κ2) is 5.80. The van der Waals surface area contributed by atoms with E-state index in [0.717, 1.165) is 6.42 Å². The lowest BCUT2D eigenvalue weighted by Crippen LogP contribution is -2.33. The van der Waals surface area contributed by atoms with E-state index < -0.39 is 0 Å². The van der Waals surface area contributed by atoms with Crippen molar-refractivity contribution < 1.29 is 19.7 Å². The van der Waals surface area contributed by atoms with Crippen LogP contribution in [-0.2, 0) is 6.42 Å². The van der Waals surface area contributed by atoms with Gasteiger partial charge >= 0.3 is 0 Å². The molecule has 2 N–H and O–H groups in total. The van der Waals surface area contributed by atoms with Gasteiger partial charge in [-0.3, -0.25) is 0 Å². The van der Waals surface area contributed by atoms with Crippen molar-refractivity contribution in [2.24, 2.45) is 11.8 Å². The first-order valence-corrected chi connectivity index (χ1v) is 6.62. The zero-order valence-electron chi connectivity index (χ0n) is 11.7. The molecule has 1 aliphatic carbocycles. The minimum Gasteiger partial charge on any atom is -0.493 e. The third-order valence-corrected chi connectivity index (χ3v) is 4.31. The molecule has 1 aromatic rings. The molecule has 3 atom stereocenters. The highest BCUT2D eigenvalue weighted by Gasteiger charge is 2.34. The largest absolute Gasteiger partial charge is 0.493 e. The molecule has 4 heteroatoms. The Morgan fingerprint density at radius 1 is 1.11 bits per heavy atom.